The van der Waals surface area contributed by atoms with E-state index in [4.69, 9.17) is 16.3 Å². The molecule has 1 aromatic carbocycles. The summed E-state index contributed by atoms with van der Waals surface area (Å²) in [4.78, 5) is 14.1. The second-order valence-corrected chi connectivity index (χ2v) is 7.59. The number of halogens is 1. The van der Waals surface area contributed by atoms with Crippen LogP contribution in [0.1, 0.15) is 10.4 Å². The first-order valence-corrected chi connectivity index (χ1v) is 8.55. The monoisotopic (exact) mass is 315 g/mol. The third-order valence-electron chi connectivity index (χ3n) is 3.70. The Hall–Kier alpha value is -1.11. The number of benzene rings is 1. The van der Waals surface area contributed by atoms with Crippen LogP contribution in [0.15, 0.2) is 24.3 Å². The van der Waals surface area contributed by atoms with Gasteiger partial charge in [0.25, 0.3) is 5.91 Å². The zero-order valence-corrected chi connectivity index (χ0v) is 12.2. The van der Waals surface area contributed by atoms with Gasteiger partial charge in [-0.1, -0.05) is 23.7 Å². The topological polar surface area (TPSA) is 63.7 Å². The molecular formula is C13H14ClNO4S. The molecule has 0 radical (unpaired) electrons. The highest BCUT2D eigenvalue weighted by atomic mass is 35.5. The van der Waals surface area contributed by atoms with Crippen molar-refractivity contribution in [1.29, 1.82) is 0 Å². The lowest BCUT2D eigenvalue weighted by molar-refractivity contribution is -0.0361. The molecule has 7 heteroatoms. The summed E-state index contributed by atoms with van der Waals surface area (Å²) in [5.41, 5.74) is 0.402. The van der Waals surface area contributed by atoms with Crippen molar-refractivity contribution in [3.63, 3.8) is 0 Å². The second kappa shape index (κ2) is 5.02. The number of amides is 1. The molecule has 2 unspecified atom stereocenters. The minimum Gasteiger partial charge on any atom is -0.373 e. The molecule has 5 nitrogen and oxygen atoms in total. The molecule has 0 spiro atoms. The summed E-state index contributed by atoms with van der Waals surface area (Å²) in [7, 11) is -3.14. The Morgan fingerprint density at radius 3 is 2.80 bits per heavy atom. The highest BCUT2D eigenvalue weighted by Gasteiger charge is 2.45. The van der Waals surface area contributed by atoms with Gasteiger partial charge in [-0.25, -0.2) is 8.42 Å². The number of rotatable bonds is 1. The average molecular weight is 316 g/mol. The summed E-state index contributed by atoms with van der Waals surface area (Å²) in [6.07, 6.45) is -0.416. The summed E-state index contributed by atoms with van der Waals surface area (Å²) < 4.78 is 28.9. The largest absolute Gasteiger partial charge is 0.373 e. The van der Waals surface area contributed by atoms with E-state index in [0.29, 0.717) is 23.7 Å². The highest BCUT2D eigenvalue weighted by Crippen LogP contribution is 2.27. The summed E-state index contributed by atoms with van der Waals surface area (Å²) >= 11 is 6.04. The molecule has 0 aliphatic carbocycles. The normalized spacial score (nSPS) is 28.1. The van der Waals surface area contributed by atoms with Crippen molar-refractivity contribution in [1.82, 2.24) is 4.90 Å². The number of nitrogens with zero attached hydrogens (tertiary/aromatic N) is 1. The molecule has 2 heterocycles. The average Bonchev–Trinajstić information content (AvgIpc) is 2.72. The van der Waals surface area contributed by atoms with E-state index in [1.54, 1.807) is 29.2 Å². The van der Waals surface area contributed by atoms with Crippen LogP contribution in [-0.4, -0.2) is 56.0 Å². The van der Waals surface area contributed by atoms with Gasteiger partial charge in [-0.3, -0.25) is 4.79 Å². The zero-order valence-electron chi connectivity index (χ0n) is 10.7. The van der Waals surface area contributed by atoms with Crippen molar-refractivity contribution in [3.05, 3.63) is 34.9 Å². The van der Waals surface area contributed by atoms with E-state index in [2.05, 4.69) is 0 Å². The molecule has 108 valence electrons. The number of morpholine rings is 1. The van der Waals surface area contributed by atoms with Crippen LogP contribution < -0.4 is 0 Å². The van der Waals surface area contributed by atoms with Crippen LogP contribution in [0.3, 0.4) is 0 Å². The maximum Gasteiger partial charge on any atom is 0.255 e. The Balaban J connectivity index is 1.90. The van der Waals surface area contributed by atoms with E-state index < -0.39 is 22.0 Å². The number of carbonyl (C=O) groups is 1. The predicted molar refractivity (Wildman–Crippen MR) is 74.7 cm³/mol. The number of ether oxygens (including phenoxy) is 1. The fourth-order valence-electron chi connectivity index (χ4n) is 2.76. The lowest BCUT2D eigenvalue weighted by Gasteiger charge is -2.36. The van der Waals surface area contributed by atoms with Crippen molar-refractivity contribution < 1.29 is 17.9 Å². The Kier molecular flexibility index (Phi) is 3.48. The van der Waals surface area contributed by atoms with Gasteiger partial charge in [0.2, 0.25) is 0 Å². The third-order valence-corrected chi connectivity index (χ3v) is 5.72. The van der Waals surface area contributed by atoms with Crippen molar-refractivity contribution in [2.45, 2.75) is 12.1 Å². The van der Waals surface area contributed by atoms with E-state index in [0.717, 1.165) is 0 Å². The standard InChI is InChI=1S/C13H14ClNO4S/c14-10-4-2-1-3-9(10)13(16)15-5-6-19-12-8-20(17,18)7-11(12)15/h1-4,11-12H,5-8H2. The molecule has 1 aromatic rings. The summed E-state index contributed by atoms with van der Waals surface area (Å²) in [6.45, 7) is 0.744. The zero-order chi connectivity index (χ0) is 14.3. The van der Waals surface area contributed by atoms with E-state index in [-0.39, 0.29) is 17.4 Å². The smallest absolute Gasteiger partial charge is 0.255 e. The van der Waals surface area contributed by atoms with Gasteiger partial charge in [0.15, 0.2) is 9.84 Å². The van der Waals surface area contributed by atoms with Gasteiger partial charge in [-0.15, -0.1) is 0 Å². The Labute approximate surface area is 122 Å². The molecule has 2 aliphatic rings. The van der Waals surface area contributed by atoms with E-state index in [1.807, 2.05) is 0 Å². The Bertz CT molecular complexity index is 646. The predicted octanol–water partition coefficient (Wildman–Crippen LogP) is 0.978. The summed E-state index contributed by atoms with van der Waals surface area (Å²) in [6, 6.07) is 6.39. The summed E-state index contributed by atoms with van der Waals surface area (Å²) in [5, 5.41) is 0.376. The first-order chi connectivity index (χ1) is 9.48. The van der Waals surface area contributed by atoms with Gasteiger partial charge in [-0.05, 0) is 12.1 Å². The number of hydrogen-bond donors (Lipinski definition) is 0. The fourth-order valence-corrected chi connectivity index (χ4v) is 4.84. The Morgan fingerprint density at radius 2 is 2.05 bits per heavy atom. The van der Waals surface area contributed by atoms with Gasteiger partial charge >= 0.3 is 0 Å². The lowest BCUT2D eigenvalue weighted by atomic mass is 10.1. The van der Waals surface area contributed by atoms with E-state index in [9.17, 15) is 13.2 Å². The van der Waals surface area contributed by atoms with Gasteiger partial charge in [0.1, 0.15) is 0 Å². The molecule has 2 aliphatic heterocycles. The van der Waals surface area contributed by atoms with Gasteiger partial charge in [0.05, 0.1) is 40.8 Å². The highest BCUT2D eigenvalue weighted by molar-refractivity contribution is 7.91. The van der Waals surface area contributed by atoms with Crippen molar-refractivity contribution in [3.8, 4) is 0 Å². The van der Waals surface area contributed by atoms with Gasteiger partial charge in [-0.2, -0.15) is 0 Å². The minimum atomic E-state index is -3.14. The molecule has 1 amide bonds. The first-order valence-electron chi connectivity index (χ1n) is 6.35. The van der Waals surface area contributed by atoms with Crippen LogP contribution in [0, 0.1) is 0 Å². The van der Waals surface area contributed by atoms with E-state index >= 15 is 0 Å². The second-order valence-electron chi connectivity index (χ2n) is 5.03. The fraction of sp³-hybridized carbons (Fsp3) is 0.462. The Morgan fingerprint density at radius 1 is 1.30 bits per heavy atom. The number of hydrogen-bond acceptors (Lipinski definition) is 4. The lowest BCUT2D eigenvalue weighted by Crippen LogP contribution is -2.53. The quantitative estimate of drug-likeness (QED) is 0.775. The van der Waals surface area contributed by atoms with Crippen LogP contribution in [-0.2, 0) is 14.6 Å². The molecule has 0 bridgehead atoms. The van der Waals surface area contributed by atoms with E-state index in [1.165, 1.54) is 0 Å². The number of sulfone groups is 1. The molecule has 2 atom stereocenters. The van der Waals surface area contributed by atoms with Crippen LogP contribution in [0.2, 0.25) is 5.02 Å². The molecule has 3 rings (SSSR count). The molecule has 0 aromatic heterocycles. The maximum atomic E-state index is 12.6. The van der Waals surface area contributed by atoms with Crippen LogP contribution in [0.5, 0.6) is 0 Å². The number of carbonyl (C=O) groups excluding carboxylic acids is 1. The van der Waals surface area contributed by atoms with Crippen LogP contribution in [0.4, 0.5) is 0 Å². The van der Waals surface area contributed by atoms with Crippen LogP contribution in [0.25, 0.3) is 0 Å². The van der Waals surface area contributed by atoms with Gasteiger partial charge < -0.3 is 9.64 Å². The molecule has 2 fully saturated rings. The van der Waals surface area contributed by atoms with Crippen molar-refractivity contribution in [2.75, 3.05) is 24.7 Å². The number of fused-ring (bicyclic) bond motifs is 1. The van der Waals surface area contributed by atoms with Crippen LogP contribution >= 0.6 is 11.6 Å². The first kappa shape index (κ1) is 13.9. The SMILES string of the molecule is O=C(c1ccccc1Cl)N1CCOC2CS(=O)(=O)CC21. The minimum absolute atomic E-state index is 0.00995. The molecule has 0 N–H and O–H groups in total. The molecule has 20 heavy (non-hydrogen) atoms. The maximum absolute atomic E-state index is 12.6. The third kappa shape index (κ3) is 2.43. The van der Waals surface area contributed by atoms with Crippen molar-refractivity contribution in [2.24, 2.45) is 0 Å². The molecular weight excluding hydrogens is 302 g/mol. The van der Waals surface area contributed by atoms with Gasteiger partial charge in [0, 0.05) is 6.54 Å². The molecule has 2 saturated heterocycles. The molecule has 0 saturated carbocycles. The summed E-state index contributed by atoms with van der Waals surface area (Å²) in [5.74, 6) is -0.274. The van der Waals surface area contributed by atoms with Crippen molar-refractivity contribution >= 4 is 27.3 Å².